The van der Waals surface area contributed by atoms with Gasteiger partial charge in [0, 0.05) is 6.42 Å². The molecule has 0 aliphatic carbocycles. The van der Waals surface area contributed by atoms with Gasteiger partial charge >= 0.3 is 0 Å². The van der Waals surface area contributed by atoms with Gasteiger partial charge in [0.1, 0.15) is 0 Å². The van der Waals surface area contributed by atoms with Gasteiger partial charge < -0.3 is 9.84 Å². The molecule has 0 fully saturated rings. The molecule has 0 aliphatic heterocycles. The van der Waals surface area contributed by atoms with Crippen LogP contribution >= 0.6 is 11.3 Å². The average molecular weight is 341 g/mol. The number of carbonyl (C=O) groups is 1. The van der Waals surface area contributed by atoms with E-state index in [1.807, 2.05) is 41.8 Å². The van der Waals surface area contributed by atoms with Crippen LogP contribution in [0.3, 0.4) is 0 Å². The van der Waals surface area contributed by atoms with Gasteiger partial charge in [-0.2, -0.15) is 4.98 Å². The van der Waals surface area contributed by atoms with E-state index in [0.29, 0.717) is 29.7 Å². The summed E-state index contributed by atoms with van der Waals surface area (Å²) >= 11 is 1.55. The Labute approximate surface area is 144 Å². The SMILES string of the molecule is CC(C)CCC(=O)Nc1ccccc1-c1nc(-c2cccs2)no1. The zero-order valence-electron chi connectivity index (χ0n) is 13.7. The monoisotopic (exact) mass is 341 g/mol. The quantitative estimate of drug-likeness (QED) is 0.696. The first-order valence-electron chi connectivity index (χ1n) is 7.90. The van der Waals surface area contributed by atoms with Gasteiger partial charge in [0.05, 0.1) is 16.1 Å². The zero-order chi connectivity index (χ0) is 16.9. The summed E-state index contributed by atoms with van der Waals surface area (Å²) in [6.07, 6.45) is 1.35. The Bertz CT molecular complexity index is 809. The van der Waals surface area contributed by atoms with Crippen LogP contribution in [0.15, 0.2) is 46.3 Å². The van der Waals surface area contributed by atoms with E-state index in [9.17, 15) is 4.79 Å². The first-order valence-corrected chi connectivity index (χ1v) is 8.78. The van der Waals surface area contributed by atoms with Crippen molar-refractivity contribution in [1.29, 1.82) is 0 Å². The number of nitrogens with zero attached hydrogens (tertiary/aromatic N) is 2. The normalized spacial score (nSPS) is 11.0. The van der Waals surface area contributed by atoms with Crippen LogP contribution in [0.5, 0.6) is 0 Å². The number of aromatic nitrogens is 2. The number of thiophene rings is 1. The summed E-state index contributed by atoms with van der Waals surface area (Å²) < 4.78 is 5.39. The average Bonchev–Trinajstić information content (AvgIpc) is 3.24. The molecule has 1 aromatic carbocycles. The van der Waals surface area contributed by atoms with Crippen LogP contribution in [0.2, 0.25) is 0 Å². The molecule has 5 nitrogen and oxygen atoms in total. The second-order valence-electron chi connectivity index (χ2n) is 5.93. The number of benzene rings is 1. The Balaban J connectivity index is 1.80. The molecule has 0 bridgehead atoms. The zero-order valence-corrected chi connectivity index (χ0v) is 14.5. The number of nitrogens with one attached hydrogen (secondary N) is 1. The van der Waals surface area contributed by atoms with Crippen molar-refractivity contribution in [2.75, 3.05) is 5.32 Å². The predicted molar refractivity (Wildman–Crippen MR) is 95.7 cm³/mol. The van der Waals surface area contributed by atoms with Crippen molar-refractivity contribution in [2.45, 2.75) is 26.7 Å². The summed E-state index contributed by atoms with van der Waals surface area (Å²) in [6, 6.07) is 11.4. The van der Waals surface area contributed by atoms with Crippen LogP contribution in [0.25, 0.3) is 22.2 Å². The molecule has 124 valence electrons. The molecule has 2 heterocycles. The molecule has 1 amide bonds. The minimum atomic E-state index is -0.00542. The van der Waals surface area contributed by atoms with Crippen LogP contribution in [-0.2, 0) is 4.79 Å². The smallest absolute Gasteiger partial charge is 0.260 e. The summed E-state index contributed by atoms with van der Waals surface area (Å²) in [5.41, 5.74) is 1.42. The molecule has 6 heteroatoms. The van der Waals surface area contributed by atoms with E-state index in [0.717, 1.165) is 16.9 Å². The third-order valence-corrected chi connectivity index (χ3v) is 4.41. The highest BCUT2D eigenvalue weighted by Crippen LogP contribution is 2.29. The molecule has 1 N–H and O–H groups in total. The van der Waals surface area contributed by atoms with Gasteiger partial charge in [-0.15, -0.1) is 11.3 Å². The third kappa shape index (κ3) is 3.89. The largest absolute Gasteiger partial charge is 0.334 e. The number of amides is 1. The van der Waals surface area contributed by atoms with Crippen molar-refractivity contribution in [3.63, 3.8) is 0 Å². The Morgan fingerprint density at radius 3 is 2.83 bits per heavy atom. The highest BCUT2D eigenvalue weighted by molar-refractivity contribution is 7.13. The maximum atomic E-state index is 12.1. The van der Waals surface area contributed by atoms with Crippen molar-refractivity contribution in [3.05, 3.63) is 41.8 Å². The van der Waals surface area contributed by atoms with Gasteiger partial charge in [-0.1, -0.05) is 37.2 Å². The summed E-state index contributed by atoms with van der Waals surface area (Å²) in [7, 11) is 0. The fourth-order valence-electron chi connectivity index (χ4n) is 2.25. The van der Waals surface area contributed by atoms with Gasteiger partial charge in [0.2, 0.25) is 11.7 Å². The summed E-state index contributed by atoms with van der Waals surface area (Å²) in [5, 5.41) is 8.94. The molecule has 3 rings (SSSR count). The van der Waals surface area contributed by atoms with E-state index in [1.165, 1.54) is 0 Å². The predicted octanol–water partition coefficient (Wildman–Crippen LogP) is 4.84. The van der Waals surface area contributed by atoms with Crippen LogP contribution in [0, 0.1) is 5.92 Å². The second-order valence-corrected chi connectivity index (χ2v) is 6.87. The Morgan fingerprint density at radius 1 is 1.25 bits per heavy atom. The molecule has 0 saturated carbocycles. The Morgan fingerprint density at radius 2 is 2.08 bits per heavy atom. The summed E-state index contributed by atoms with van der Waals surface area (Å²) in [4.78, 5) is 17.5. The fraction of sp³-hybridized carbons (Fsp3) is 0.278. The van der Waals surface area contributed by atoms with E-state index in [1.54, 1.807) is 11.3 Å². The number of carbonyl (C=O) groups excluding carboxylic acids is 1. The lowest BCUT2D eigenvalue weighted by Crippen LogP contribution is -2.12. The first kappa shape index (κ1) is 16.4. The number of hydrogen-bond donors (Lipinski definition) is 1. The molecule has 3 aromatic rings. The number of para-hydroxylation sites is 1. The highest BCUT2D eigenvalue weighted by atomic mass is 32.1. The summed E-state index contributed by atoms with van der Waals surface area (Å²) in [5.74, 6) is 1.45. The lowest BCUT2D eigenvalue weighted by atomic mass is 10.1. The lowest BCUT2D eigenvalue weighted by Gasteiger charge is -2.09. The molecular weight excluding hydrogens is 322 g/mol. The number of hydrogen-bond acceptors (Lipinski definition) is 5. The Hall–Kier alpha value is -2.47. The molecule has 0 aliphatic rings. The number of anilines is 1. The van der Waals surface area contributed by atoms with Crippen molar-refractivity contribution in [1.82, 2.24) is 10.1 Å². The minimum absolute atomic E-state index is 0.00542. The van der Waals surface area contributed by atoms with Gasteiger partial charge in [0.15, 0.2) is 0 Å². The van der Waals surface area contributed by atoms with Crippen LogP contribution < -0.4 is 5.32 Å². The summed E-state index contributed by atoms with van der Waals surface area (Å²) in [6.45, 7) is 4.21. The van der Waals surface area contributed by atoms with Crippen LogP contribution in [-0.4, -0.2) is 16.0 Å². The maximum absolute atomic E-state index is 12.1. The van der Waals surface area contributed by atoms with Gasteiger partial charge in [-0.3, -0.25) is 4.79 Å². The molecule has 0 saturated heterocycles. The van der Waals surface area contributed by atoms with E-state index in [4.69, 9.17) is 4.52 Å². The third-order valence-electron chi connectivity index (χ3n) is 3.55. The maximum Gasteiger partial charge on any atom is 0.260 e. The highest BCUT2D eigenvalue weighted by Gasteiger charge is 2.15. The Kier molecular flexibility index (Phi) is 5.05. The molecule has 0 spiro atoms. The fourth-order valence-corrected chi connectivity index (χ4v) is 2.90. The molecule has 24 heavy (non-hydrogen) atoms. The van der Waals surface area contributed by atoms with Gasteiger partial charge in [-0.05, 0) is 35.9 Å². The molecule has 0 unspecified atom stereocenters. The van der Waals surface area contributed by atoms with Crippen molar-refractivity contribution < 1.29 is 9.32 Å². The molecule has 0 atom stereocenters. The van der Waals surface area contributed by atoms with Gasteiger partial charge in [0.25, 0.3) is 5.89 Å². The lowest BCUT2D eigenvalue weighted by molar-refractivity contribution is -0.116. The second kappa shape index (κ2) is 7.40. The topological polar surface area (TPSA) is 68.0 Å². The van der Waals surface area contributed by atoms with Crippen molar-refractivity contribution >= 4 is 22.9 Å². The van der Waals surface area contributed by atoms with Crippen molar-refractivity contribution in [3.8, 4) is 22.2 Å². The minimum Gasteiger partial charge on any atom is -0.334 e. The van der Waals surface area contributed by atoms with E-state index in [-0.39, 0.29) is 5.91 Å². The van der Waals surface area contributed by atoms with Crippen molar-refractivity contribution in [2.24, 2.45) is 5.92 Å². The van der Waals surface area contributed by atoms with E-state index < -0.39 is 0 Å². The number of rotatable bonds is 6. The van der Waals surface area contributed by atoms with Crippen LogP contribution in [0.4, 0.5) is 5.69 Å². The molecule has 2 aromatic heterocycles. The standard InChI is InChI=1S/C18H19N3O2S/c1-12(2)9-10-16(22)19-14-7-4-3-6-13(14)18-20-17(21-23-18)15-8-5-11-24-15/h3-8,11-12H,9-10H2,1-2H3,(H,19,22). The molecule has 0 radical (unpaired) electrons. The molecular formula is C18H19N3O2S. The van der Waals surface area contributed by atoms with E-state index in [2.05, 4.69) is 29.3 Å². The van der Waals surface area contributed by atoms with E-state index >= 15 is 0 Å². The van der Waals surface area contributed by atoms with Gasteiger partial charge in [-0.25, -0.2) is 0 Å². The van der Waals surface area contributed by atoms with Crippen LogP contribution in [0.1, 0.15) is 26.7 Å². The first-order chi connectivity index (χ1) is 11.6.